The summed E-state index contributed by atoms with van der Waals surface area (Å²) >= 11 is 5.99. The van der Waals surface area contributed by atoms with Crippen LogP contribution in [0.2, 0.25) is 0 Å². The summed E-state index contributed by atoms with van der Waals surface area (Å²) in [5, 5.41) is 0. The third-order valence-corrected chi connectivity index (χ3v) is 3.98. The van der Waals surface area contributed by atoms with Gasteiger partial charge < -0.3 is 4.90 Å². The number of rotatable bonds is 2. The Balaban J connectivity index is 2.23. The SMILES string of the molecule is CN1CCN(c2cnccc2CCl)CC1(C)C. The van der Waals surface area contributed by atoms with Gasteiger partial charge >= 0.3 is 0 Å². The van der Waals surface area contributed by atoms with Gasteiger partial charge in [0.25, 0.3) is 0 Å². The van der Waals surface area contributed by atoms with E-state index in [0.29, 0.717) is 5.88 Å². The summed E-state index contributed by atoms with van der Waals surface area (Å²) in [6, 6.07) is 2.01. The molecule has 1 fully saturated rings. The van der Waals surface area contributed by atoms with Crippen LogP contribution in [0.15, 0.2) is 18.5 Å². The van der Waals surface area contributed by atoms with Crippen LogP contribution in [0.25, 0.3) is 0 Å². The molecule has 1 saturated heterocycles. The molecule has 0 aliphatic carbocycles. The van der Waals surface area contributed by atoms with Crippen molar-refractivity contribution < 1.29 is 0 Å². The molecule has 1 aliphatic heterocycles. The summed E-state index contributed by atoms with van der Waals surface area (Å²) in [6.45, 7) is 7.67. The van der Waals surface area contributed by atoms with Crippen molar-refractivity contribution in [2.45, 2.75) is 25.3 Å². The molecule has 2 heterocycles. The second kappa shape index (κ2) is 4.83. The number of hydrogen-bond donors (Lipinski definition) is 0. The van der Waals surface area contributed by atoms with E-state index in [4.69, 9.17) is 11.6 Å². The lowest BCUT2D eigenvalue weighted by atomic mass is 9.99. The van der Waals surface area contributed by atoms with Crippen molar-refractivity contribution >= 4 is 17.3 Å². The Morgan fingerprint density at radius 3 is 2.82 bits per heavy atom. The van der Waals surface area contributed by atoms with Crippen molar-refractivity contribution in [3.05, 3.63) is 24.0 Å². The number of alkyl halides is 1. The number of piperazine rings is 1. The van der Waals surface area contributed by atoms with Gasteiger partial charge in [0, 0.05) is 37.3 Å². The third-order valence-electron chi connectivity index (χ3n) is 3.69. The zero-order valence-corrected chi connectivity index (χ0v) is 11.5. The van der Waals surface area contributed by atoms with Gasteiger partial charge in [0.2, 0.25) is 0 Å². The monoisotopic (exact) mass is 253 g/mol. The lowest BCUT2D eigenvalue weighted by Crippen LogP contribution is -2.57. The van der Waals surface area contributed by atoms with E-state index in [1.807, 2.05) is 18.5 Å². The average molecular weight is 254 g/mol. The van der Waals surface area contributed by atoms with Crippen LogP contribution in [-0.4, -0.2) is 42.1 Å². The van der Waals surface area contributed by atoms with Crippen molar-refractivity contribution in [1.29, 1.82) is 0 Å². The largest absolute Gasteiger partial charge is 0.367 e. The molecule has 4 heteroatoms. The first-order valence-electron chi connectivity index (χ1n) is 5.99. The van der Waals surface area contributed by atoms with Crippen molar-refractivity contribution in [2.24, 2.45) is 0 Å². The van der Waals surface area contributed by atoms with Crippen LogP contribution < -0.4 is 4.90 Å². The van der Waals surface area contributed by atoms with E-state index in [1.54, 1.807) is 0 Å². The van der Waals surface area contributed by atoms with Gasteiger partial charge in [-0.05, 0) is 32.5 Å². The molecule has 0 aromatic carbocycles. The molecule has 1 aliphatic rings. The van der Waals surface area contributed by atoms with Gasteiger partial charge in [-0.1, -0.05) is 0 Å². The summed E-state index contributed by atoms with van der Waals surface area (Å²) in [5.74, 6) is 0.546. The first-order chi connectivity index (χ1) is 8.04. The smallest absolute Gasteiger partial charge is 0.0598 e. The summed E-state index contributed by atoms with van der Waals surface area (Å²) in [6.07, 6.45) is 3.74. The van der Waals surface area contributed by atoms with Crippen LogP contribution in [0.1, 0.15) is 19.4 Å². The Morgan fingerprint density at radius 2 is 2.18 bits per heavy atom. The molecule has 1 aromatic heterocycles. The quantitative estimate of drug-likeness (QED) is 0.755. The maximum atomic E-state index is 5.99. The van der Waals surface area contributed by atoms with E-state index in [-0.39, 0.29) is 5.54 Å². The first kappa shape index (κ1) is 12.7. The third kappa shape index (κ3) is 2.55. The van der Waals surface area contributed by atoms with Crippen LogP contribution >= 0.6 is 11.6 Å². The molecular formula is C13H20ClN3. The van der Waals surface area contributed by atoms with Crippen LogP contribution in [0.3, 0.4) is 0 Å². The van der Waals surface area contributed by atoms with Gasteiger partial charge in [-0.3, -0.25) is 9.88 Å². The van der Waals surface area contributed by atoms with E-state index in [0.717, 1.165) is 19.6 Å². The summed E-state index contributed by atoms with van der Waals surface area (Å²) in [5.41, 5.74) is 2.54. The molecule has 0 N–H and O–H groups in total. The van der Waals surface area contributed by atoms with Crippen LogP contribution in [0.5, 0.6) is 0 Å². The van der Waals surface area contributed by atoms with E-state index >= 15 is 0 Å². The fraction of sp³-hybridized carbons (Fsp3) is 0.615. The molecule has 2 rings (SSSR count). The molecule has 0 amide bonds. The van der Waals surface area contributed by atoms with Gasteiger partial charge in [-0.15, -0.1) is 11.6 Å². The van der Waals surface area contributed by atoms with Crippen molar-refractivity contribution in [3.63, 3.8) is 0 Å². The molecule has 94 valence electrons. The van der Waals surface area contributed by atoms with Crippen LogP contribution in [0.4, 0.5) is 5.69 Å². The topological polar surface area (TPSA) is 19.4 Å². The number of likely N-dealkylation sites (N-methyl/N-ethyl adjacent to an activating group) is 1. The highest BCUT2D eigenvalue weighted by Gasteiger charge is 2.31. The number of pyridine rings is 1. The number of anilines is 1. The van der Waals surface area contributed by atoms with E-state index in [2.05, 4.69) is 35.7 Å². The van der Waals surface area contributed by atoms with E-state index < -0.39 is 0 Å². The van der Waals surface area contributed by atoms with Gasteiger partial charge in [0.05, 0.1) is 11.9 Å². The zero-order valence-electron chi connectivity index (χ0n) is 10.8. The highest BCUT2D eigenvalue weighted by Crippen LogP contribution is 2.27. The second-order valence-corrected chi connectivity index (χ2v) is 5.56. The van der Waals surface area contributed by atoms with E-state index in [9.17, 15) is 0 Å². The maximum absolute atomic E-state index is 5.99. The van der Waals surface area contributed by atoms with Gasteiger partial charge in [0.1, 0.15) is 0 Å². The average Bonchev–Trinajstić information content (AvgIpc) is 2.32. The zero-order chi connectivity index (χ0) is 12.5. The molecular weight excluding hydrogens is 234 g/mol. The molecule has 0 bridgehead atoms. The lowest BCUT2D eigenvalue weighted by Gasteiger charge is -2.46. The minimum Gasteiger partial charge on any atom is -0.367 e. The molecule has 0 spiro atoms. The predicted octanol–water partition coefficient (Wildman–Crippen LogP) is 2.35. The lowest BCUT2D eigenvalue weighted by molar-refractivity contribution is 0.139. The summed E-state index contributed by atoms with van der Waals surface area (Å²) in [4.78, 5) is 9.02. The molecule has 0 saturated carbocycles. The number of nitrogens with zero attached hydrogens (tertiary/aromatic N) is 3. The Hall–Kier alpha value is -0.800. The Bertz CT molecular complexity index is 392. The maximum Gasteiger partial charge on any atom is 0.0598 e. The highest BCUT2D eigenvalue weighted by atomic mass is 35.5. The fourth-order valence-corrected chi connectivity index (χ4v) is 2.48. The standard InChI is InChI=1S/C13H20ClN3/c1-13(2)10-17(7-6-16(13)3)12-9-15-5-4-11(12)8-14/h4-5,9H,6-8,10H2,1-3H3. The fourth-order valence-electron chi connectivity index (χ4n) is 2.26. The molecule has 0 unspecified atom stereocenters. The van der Waals surface area contributed by atoms with Gasteiger partial charge in [-0.25, -0.2) is 0 Å². The molecule has 0 atom stereocenters. The minimum absolute atomic E-state index is 0.192. The van der Waals surface area contributed by atoms with Gasteiger partial charge in [0.15, 0.2) is 0 Å². The molecule has 1 aromatic rings. The van der Waals surface area contributed by atoms with Crippen LogP contribution in [-0.2, 0) is 5.88 Å². The van der Waals surface area contributed by atoms with Crippen molar-refractivity contribution in [3.8, 4) is 0 Å². The normalized spacial score (nSPS) is 20.6. The number of halogens is 1. The minimum atomic E-state index is 0.192. The summed E-state index contributed by atoms with van der Waals surface area (Å²) < 4.78 is 0. The molecule has 17 heavy (non-hydrogen) atoms. The number of aromatic nitrogens is 1. The summed E-state index contributed by atoms with van der Waals surface area (Å²) in [7, 11) is 2.18. The van der Waals surface area contributed by atoms with Crippen molar-refractivity contribution in [1.82, 2.24) is 9.88 Å². The molecule has 3 nitrogen and oxygen atoms in total. The Labute approximate surface area is 108 Å². The Morgan fingerprint density at radius 1 is 1.41 bits per heavy atom. The van der Waals surface area contributed by atoms with E-state index in [1.165, 1.54) is 11.3 Å². The highest BCUT2D eigenvalue weighted by molar-refractivity contribution is 6.17. The van der Waals surface area contributed by atoms with Crippen molar-refractivity contribution in [2.75, 3.05) is 31.6 Å². The van der Waals surface area contributed by atoms with Crippen LogP contribution in [0, 0.1) is 0 Å². The molecule has 0 radical (unpaired) electrons. The Kier molecular flexibility index (Phi) is 3.59. The predicted molar refractivity (Wildman–Crippen MR) is 72.7 cm³/mol. The number of hydrogen-bond acceptors (Lipinski definition) is 3. The first-order valence-corrected chi connectivity index (χ1v) is 6.53. The second-order valence-electron chi connectivity index (χ2n) is 5.29. The van der Waals surface area contributed by atoms with Gasteiger partial charge in [-0.2, -0.15) is 0 Å².